The lowest BCUT2D eigenvalue weighted by Crippen LogP contribution is -2.37. The highest BCUT2D eigenvalue weighted by molar-refractivity contribution is 5.94. The molecule has 0 radical (unpaired) electrons. The van der Waals surface area contributed by atoms with Crippen molar-refractivity contribution in [1.29, 1.82) is 0 Å². The zero-order valence-electron chi connectivity index (χ0n) is 12.5. The molecule has 1 amide bonds. The van der Waals surface area contributed by atoms with Crippen molar-refractivity contribution >= 4 is 23.3 Å². The molecule has 0 aromatic heterocycles. The van der Waals surface area contributed by atoms with Crippen LogP contribution in [-0.4, -0.2) is 28.5 Å². The fourth-order valence-corrected chi connectivity index (χ4v) is 2.13. The number of nitrogens with one attached hydrogen (secondary N) is 1. The summed E-state index contributed by atoms with van der Waals surface area (Å²) < 4.78 is 0. The Bertz CT molecular complexity index is 596. The number of benzene rings is 1. The summed E-state index contributed by atoms with van der Waals surface area (Å²) in [5, 5.41) is 23.3. The van der Waals surface area contributed by atoms with E-state index in [1.165, 1.54) is 12.1 Å². The molecular weight excluding hydrogens is 290 g/mol. The van der Waals surface area contributed by atoms with Crippen LogP contribution in [0.15, 0.2) is 18.2 Å². The van der Waals surface area contributed by atoms with Crippen molar-refractivity contribution in [2.75, 3.05) is 11.9 Å². The minimum Gasteiger partial charge on any atom is -0.481 e. The van der Waals surface area contributed by atoms with Gasteiger partial charge < -0.3 is 16.2 Å². The fourth-order valence-electron chi connectivity index (χ4n) is 2.13. The van der Waals surface area contributed by atoms with Gasteiger partial charge in [0.2, 0.25) is 5.91 Å². The highest BCUT2D eigenvalue weighted by atomic mass is 16.6. The van der Waals surface area contributed by atoms with E-state index >= 15 is 0 Å². The Hall–Kier alpha value is -2.64. The first-order valence-corrected chi connectivity index (χ1v) is 6.83. The first kappa shape index (κ1) is 17.4. The summed E-state index contributed by atoms with van der Waals surface area (Å²) in [6.07, 6.45) is 0.776. The van der Waals surface area contributed by atoms with Crippen LogP contribution in [0, 0.1) is 15.5 Å². The van der Waals surface area contributed by atoms with Crippen LogP contribution >= 0.6 is 0 Å². The number of hydrogen-bond acceptors (Lipinski definition) is 5. The van der Waals surface area contributed by atoms with Gasteiger partial charge in [0.05, 0.1) is 10.3 Å². The Labute approximate surface area is 127 Å². The molecule has 0 fully saturated rings. The van der Waals surface area contributed by atoms with Crippen molar-refractivity contribution in [3.05, 3.63) is 33.9 Å². The number of nitro benzene ring substituents is 1. The molecule has 0 aliphatic rings. The van der Waals surface area contributed by atoms with Gasteiger partial charge in [0, 0.05) is 18.2 Å². The van der Waals surface area contributed by atoms with E-state index < -0.39 is 22.2 Å². The molecule has 8 heteroatoms. The Kier molecular flexibility index (Phi) is 5.44. The molecule has 0 heterocycles. The van der Waals surface area contributed by atoms with Crippen LogP contribution in [0.2, 0.25) is 0 Å². The minimum absolute atomic E-state index is 0.0210. The number of carboxylic acid groups (broad SMARTS) is 1. The second-order valence-corrected chi connectivity index (χ2v) is 5.00. The SMILES string of the molecule is CCC(CC)(CNc1ccc(C(N)=O)cc1[N+](=O)[O-])C(=O)O. The molecule has 0 bridgehead atoms. The summed E-state index contributed by atoms with van der Waals surface area (Å²) in [5.41, 5.74) is 3.95. The van der Waals surface area contributed by atoms with Gasteiger partial charge in [0.25, 0.3) is 5.69 Å². The number of carbonyl (C=O) groups is 2. The lowest BCUT2D eigenvalue weighted by atomic mass is 9.82. The van der Waals surface area contributed by atoms with Crippen LogP contribution in [0.25, 0.3) is 0 Å². The van der Waals surface area contributed by atoms with E-state index in [0.29, 0.717) is 12.8 Å². The summed E-state index contributed by atoms with van der Waals surface area (Å²) in [6, 6.07) is 3.79. The normalized spacial score (nSPS) is 11.0. The predicted octanol–water partition coefficient (Wildman–Crippen LogP) is 2.00. The topological polar surface area (TPSA) is 136 Å². The summed E-state index contributed by atoms with van der Waals surface area (Å²) in [4.78, 5) is 33.0. The molecule has 0 saturated heterocycles. The number of amides is 1. The standard InChI is InChI=1S/C14H19N3O5/c1-3-14(4-2,13(19)20)8-16-10-6-5-9(12(15)18)7-11(10)17(21)22/h5-7,16H,3-4,8H2,1-2H3,(H2,15,18)(H,19,20). The molecule has 120 valence electrons. The lowest BCUT2D eigenvalue weighted by molar-refractivity contribution is -0.384. The first-order valence-electron chi connectivity index (χ1n) is 6.83. The van der Waals surface area contributed by atoms with Crippen LogP contribution in [0.3, 0.4) is 0 Å². The molecule has 4 N–H and O–H groups in total. The second-order valence-electron chi connectivity index (χ2n) is 5.00. The van der Waals surface area contributed by atoms with Gasteiger partial charge in [-0.15, -0.1) is 0 Å². The molecular formula is C14H19N3O5. The van der Waals surface area contributed by atoms with Crippen molar-refractivity contribution in [2.24, 2.45) is 11.1 Å². The maximum absolute atomic E-state index is 11.4. The maximum Gasteiger partial charge on any atom is 0.311 e. The van der Waals surface area contributed by atoms with Crippen LogP contribution in [0.1, 0.15) is 37.0 Å². The van der Waals surface area contributed by atoms with Gasteiger partial charge in [-0.3, -0.25) is 19.7 Å². The van der Waals surface area contributed by atoms with Gasteiger partial charge in [-0.25, -0.2) is 0 Å². The molecule has 22 heavy (non-hydrogen) atoms. The van der Waals surface area contributed by atoms with Crippen molar-refractivity contribution in [2.45, 2.75) is 26.7 Å². The molecule has 0 spiro atoms. The van der Waals surface area contributed by atoms with Gasteiger partial charge >= 0.3 is 5.97 Å². The molecule has 1 rings (SSSR count). The average Bonchev–Trinajstić information content (AvgIpc) is 2.48. The van der Waals surface area contributed by atoms with E-state index in [1.54, 1.807) is 13.8 Å². The van der Waals surface area contributed by atoms with E-state index in [-0.39, 0.29) is 23.5 Å². The van der Waals surface area contributed by atoms with Gasteiger partial charge in [-0.2, -0.15) is 0 Å². The van der Waals surface area contributed by atoms with Gasteiger partial charge in [-0.05, 0) is 25.0 Å². The third-order valence-corrected chi connectivity index (χ3v) is 3.90. The van der Waals surface area contributed by atoms with E-state index in [0.717, 1.165) is 6.07 Å². The maximum atomic E-state index is 11.4. The first-order chi connectivity index (χ1) is 10.3. The highest BCUT2D eigenvalue weighted by Gasteiger charge is 2.35. The van der Waals surface area contributed by atoms with E-state index in [1.807, 2.05) is 0 Å². The molecule has 0 unspecified atom stereocenters. The molecule has 1 aromatic carbocycles. The van der Waals surface area contributed by atoms with Crippen molar-refractivity contribution < 1.29 is 19.6 Å². The number of aliphatic carboxylic acids is 1. The van der Waals surface area contributed by atoms with Gasteiger partial charge in [0.1, 0.15) is 5.69 Å². The summed E-state index contributed by atoms with van der Waals surface area (Å²) in [5.74, 6) is -1.72. The predicted molar refractivity (Wildman–Crippen MR) is 80.8 cm³/mol. The highest BCUT2D eigenvalue weighted by Crippen LogP contribution is 2.30. The molecule has 0 aliphatic heterocycles. The number of hydrogen-bond donors (Lipinski definition) is 3. The number of carboxylic acids is 1. The molecule has 8 nitrogen and oxygen atoms in total. The third kappa shape index (κ3) is 3.51. The van der Waals surface area contributed by atoms with Crippen molar-refractivity contribution in [3.63, 3.8) is 0 Å². The average molecular weight is 309 g/mol. The molecule has 0 atom stereocenters. The Morgan fingerprint density at radius 1 is 1.36 bits per heavy atom. The van der Waals surface area contributed by atoms with Crippen LogP contribution < -0.4 is 11.1 Å². The van der Waals surface area contributed by atoms with E-state index in [9.17, 15) is 24.8 Å². The number of nitrogens with two attached hydrogens (primary N) is 1. The largest absolute Gasteiger partial charge is 0.481 e. The molecule has 0 saturated carbocycles. The van der Waals surface area contributed by atoms with Gasteiger partial charge in [0.15, 0.2) is 0 Å². The fraction of sp³-hybridized carbons (Fsp3) is 0.429. The van der Waals surface area contributed by atoms with E-state index in [4.69, 9.17) is 5.73 Å². The minimum atomic E-state index is -1.00. The number of nitro groups is 1. The quantitative estimate of drug-likeness (QED) is 0.496. The second kappa shape index (κ2) is 6.88. The number of anilines is 1. The third-order valence-electron chi connectivity index (χ3n) is 3.90. The number of primary amides is 1. The Balaban J connectivity index is 3.10. The smallest absolute Gasteiger partial charge is 0.311 e. The Morgan fingerprint density at radius 2 is 1.95 bits per heavy atom. The number of rotatable bonds is 8. The van der Waals surface area contributed by atoms with Crippen LogP contribution in [0.5, 0.6) is 0 Å². The van der Waals surface area contributed by atoms with Crippen molar-refractivity contribution in [1.82, 2.24) is 0 Å². The summed E-state index contributed by atoms with van der Waals surface area (Å²) in [7, 11) is 0. The zero-order chi connectivity index (χ0) is 16.9. The lowest BCUT2D eigenvalue weighted by Gasteiger charge is -2.27. The number of nitrogens with zero attached hydrogens (tertiary/aromatic N) is 1. The van der Waals surface area contributed by atoms with Crippen molar-refractivity contribution in [3.8, 4) is 0 Å². The van der Waals surface area contributed by atoms with Crippen LogP contribution in [0.4, 0.5) is 11.4 Å². The Morgan fingerprint density at radius 3 is 2.36 bits per heavy atom. The molecule has 0 aliphatic carbocycles. The molecule has 1 aromatic rings. The summed E-state index contributed by atoms with van der Waals surface area (Å²) in [6.45, 7) is 3.56. The van der Waals surface area contributed by atoms with E-state index in [2.05, 4.69) is 5.32 Å². The summed E-state index contributed by atoms with van der Waals surface area (Å²) >= 11 is 0. The monoisotopic (exact) mass is 309 g/mol. The van der Waals surface area contributed by atoms with Gasteiger partial charge in [-0.1, -0.05) is 13.8 Å². The zero-order valence-corrected chi connectivity index (χ0v) is 12.5. The number of carbonyl (C=O) groups excluding carboxylic acids is 1. The van der Waals surface area contributed by atoms with Crippen LogP contribution in [-0.2, 0) is 4.79 Å².